The Kier molecular flexibility index (Phi) is 7.10. The molecule has 0 saturated heterocycles. The van der Waals surface area contributed by atoms with E-state index in [-0.39, 0.29) is 5.82 Å². The molecule has 0 N–H and O–H groups in total. The van der Waals surface area contributed by atoms with Crippen LogP contribution in [0.5, 0.6) is 0 Å². The molecule has 0 saturated carbocycles. The second-order valence-corrected chi connectivity index (χ2v) is 9.75. The Morgan fingerprint density at radius 2 is 1.85 bits per heavy atom. The number of rotatable bonds is 8. The molecule has 0 aliphatic heterocycles. The number of benzene rings is 3. The number of hydrogen-bond donors (Lipinski definition) is 0. The Hall–Kier alpha value is -3.76. The lowest BCUT2D eigenvalue weighted by atomic mass is 9.95. The molecule has 0 amide bonds. The van der Waals surface area contributed by atoms with Gasteiger partial charge in [0.2, 0.25) is 0 Å². The van der Waals surface area contributed by atoms with Crippen LogP contribution < -0.4 is 4.41 Å². The summed E-state index contributed by atoms with van der Waals surface area (Å²) in [5.74, 6) is 3.56. The summed E-state index contributed by atoms with van der Waals surface area (Å²) in [7, 11) is -3.06. The van der Waals surface area contributed by atoms with Crippen LogP contribution in [-0.2, 0) is 20.9 Å². The molecule has 1 unspecified atom stereocenters. The number of carbonyl (C=O) groups excluding carboxylic acids is 1. The molecule has 7 heteroatoms. The predicted octanol–water partition coefficient (Wildman–Crippen LogP) is 5.23. The van der Waals surface area contributed by atoms with Gasteiger partial charge in [-0.15, -0.1) is 0 Å². The van der Waals surface area contributed by atoms with Crippen LogP contribution in [0, 0.1) is 31.0 Å². The van der Waals surface area contributed by atoms with Gasteiger partial charge in [0.05, 0.1) is 31.9 Å². The van der Waals surface area contributed by atoms with E-state index in [2.05, 4.69) is 17.7 Å². The van der Waals surface area contributed by atoms with E-state index in [1.165, 1.54) is 10.5 Å². The highest BCUT2D eigenvalue weighted by molar-refractivity contribution is 8.01. The Labute approximate surface area is 193 Å². The first-order valence-electron chi connectivity index (χ1n) is 10.2. The van der Waals surface area contributed by atoms with Crippen LogP contribution >= 0.6 is 0 Å². The van der Waals surface area contributed by atoms with E-state index < -0.39 is 9.71 Å². The largest absolute Gasteiger partial charge is 0.303 e. The number of aryl methyl sites for hydroxylation is 2. The number of anilines is 1. The van der Waals surface area contributed by atoms with Gasteiger partial charge < -0.3 is 4.79 Å². The Balaban J connectivity index is 2.03. The summed E-state index contributed by atoms with van der Waals surface area (Å²) in [6.45, 7) is 7.13. The van der Waals surface area contributed by atoms with Gasteiger partial charge in [-0.05, 0) is 96.4 Å². The van der Waals surface area contributed by atoms with Crippen molar-refractivity contribution in [2.75, 3.05) is 4.41 Å². The lowest BCUT2D eigenvalue weighted by Gasteiger charge is -2.25. The van der Waals surface area contributed by atoms with Crippen molar-refractivity contribution in [2.45, 2.75) is 31.6 Å². The maximum Gasteiger partial charge on any atom is 0.127 e. The lowest BCUT2D eigenvalue weighted by Crippen LogP contribution is -2.26. The quantitative estimate of drug-likeness (QED) is 0.200. The van der Waals surface area contributed by atoms with Gasteiger partial charge in [-0.3, -0.25) is 0 Å². The Morgan fingerprint density at radius 1 is 1.15 bits per heavy atom. The molecule has 0 aliphatic carbocycles. The van der Waals surface area contributed by atoms with Crippen LogP contribution in [0.25, 0.3) is 11.1 Å². The fourth-order valence-corrected chi connectivity index (χ4v) is 5.08. The molecule has 1 atom stereocenters. The summed E-state index contributed by atoms with van der Waals surface area (Å²) in [5.41, 5.74) is 4.53. The fourth-order valence-electron chi connectivity index (χ4n) is 3.61. The molecule has 0 aromatic heterocycles. The second kappa shape index (κ2) is 9.80. The number of nitrogens with zero attached hydrogens (tertiary/aromatic N) is 3. The first-order valence-corrected chi connectivity index (χ1v) is 11.9. The van der Waals surface area contributed by atoms with Crippen molar-refractivity contribution in [2.24, 2.45) is 5.10 Å². The van der Waals surface area contributed by atoms with Gasteiger partial charge in [0.1, 0.15) is 12.1 Å². The standard InChI is InChI=1S/C26H24FN3O2S/c1-18-14-22(24-15-21(6-5-13-31)16-25(27)19(24)2)9-12-26(18)30(29-3)33(4,32)23-10-7-20(17-28)8-11-23/h7-16H,3-6H2,1-2H3. The first-order chi connectivity index (χ1) is 15.7. The van der Waals surface area contributed by atoms with Crippen molar-refractivity contribution < 1.29 is 13.4 Å². The van der Waals surface area contributed by atoms with Crippen molar-refractivity contribution in [3.05, 3.63) is 82.7 Å². The fraction of sp³-hybridized carbons (Fsp3) is 0.154. The highest BCUT2D eigenvalue weighted by Gasteiger charge is 2.21. The van der Waals surface area contributed by atoms with Crippen molar-refractivity contribution in [1.82, 2.24) is 0 Å². The maximum absolute atomic E-state index is 14.5. The molecule has 168 valence electrons. The highest BCUT2D eigenvalue weighted by Crippen LogP contribution is 2.33. The van der Waals surface area contributed by atoms with Gasteiger partial charge >= 0.3 is 0 Å². The number of carbonyl (C=O) groups is 1. The van der Waals surface area contributed by atoms with Crippen LogP contribution in [0.3, 0.4) is 0 Å². The molecule has 0 radical (unpaired) electrons. The van der Waals surface area contributed by atoms with Gasteiger partial charge in [0.15, 0.2) is 0 Å². The Bertz CT molecular complexity index is 1360. The molecule has 3 aromatic carbocycles. The van der Waals surface area contributed by atoms with Crippen LogP contribution in [0.15, 0.2) is 64.6 Å². The molecular formula is C26H24FN3O2S. The average molecular weight is 462 g/mol. The Morgan fingerprint density at radius 3 is 2.42 bits per heavy atom. The van der Waals surface area contributed by atoms with Crippen LogP contribution in [-0.4, -0.2) is 23.1 Å². The summed E-state index contributed by atoms with van der Waals surface area (Å²) in [6.07, 6.45) is 1.61. The zero-order valence-corrected chi connectivity index (χ0v) is 19.4. The van der Waals surface area contributed by atoms with E-state index >= 15 is 0 Å². The van der Waals surface area contributed by atoms with E-state index in [1.807, 2.05) is 25.1 Å². The predicted molar refractivity (Wildman–Crippen MR) is 132 cm³/mol. The third-order valence-corrected chi connectivity index (χ3v) is 7.31. The number of halogens is 1. The third kappa shape index (κ3) is 4.86. The van der Waals surface area contributed by atoms with Crippen molar-refractivity contribution in [3.63, 3.8) is 0 Å². The summed E-state index contributed by atoms with van der Waals surface area (Å²) < 4.78 is 29.4. The molecule has 0 spiro atoms. The zero-order valence-electron chi connectivity index (χ0n) is 18.5. The van der Waals surface area contributed by atoms with E-state index in [0.717, 1.165) is 28.5 Å². The molecule has 5 nitrogen and oxygen atoms in total. The topological polar surface area (TPSA) is 73.5 Å². The molecule has 0 aliphatic rings. The smallest absolute Gasteiger partial charge is 0.127 e. The number of nitriles is 1. The van der Waals surface area contributed by atoms with Crippen LogP contribution in [0.2, 0.25) is 0 Å². The lowest BCUT2D eigenvalue weighted by molar-refractivity contribution is -0.107. The van der Waals surface area contributed by atoms with E-state index in [1.54, 1.807) is 43.3 Å². The van der Waals surface area contributed by atoms with E-state index in [4.69, 9.17) is 5.26 Å². The van der Waals surface area contributed by atoms with Gasteiger partial charge in [-0.25, -0.2) is 8.60 Å². The summed E-state index contributed by atoms with van der Waals surface area (Å²) >= 11 is 0. The minimum Gasteiger partial charge on any atom is -0.303 e. The monoisotopic (exact) mass is 461 g/mol. The molecule has 3 rings (SSSR count). The molecule has 0 bridgehead atoms. The molecular weight excluding hydrogens is 437 g/mol. The van der Waals surface area contributed by atoms with Crippen LogP contribution in [0.4, 0.5) is 10.1 Å². The molecule has 0 heterocycles. The highest BCUT2D eigenvalue weighted by atomic mass is 32.2. The number of aldehydes is 1. The van der Waals surface area contributed by atoms with Gasteiger partial charge in [-0.1, -0.05) is 12.1 Å². The van der Waals surface area contributed by atoms with E-state index in [9.17, 15) is 13.4 Å². The summed E-state index contributed by atoms with van der Waals surface area (Å²) in [5, 5.41) is 13.0. The van der Waals surface area contributed by atoms with Crippen molar-refractivity contribution in [3.8, 4) is 17.2 Å². The van der Waals surface area contributed by atoms with Gasteiger partial charge in [-0.2, -0.15) is 14.8 Å². The number of hydrazone groups is 1. The third-order valence-electron chi connectivity index (χ3n) is 5.43. The average Bonchev–Trinajstić information content (AvgIpc) is 2.81. The minimum atomic E-state index is -3.06. The van der Waals surface area contributed by atoms with Crippen molar-refractivity contribution in [1.29, 1.82) is 5.26 Å². The summed E-state index contributed by atoms with van der Waals surface area (Å²) in [4.78, 5) is 11.1. The van der Waals surface area contributed by atoms with Crippen LogP contribution in [0.1, 0.15) is 28.7 Å². The normalized spacial score (nSPS) is 12.4. The van der Waals surface area contributed by atoms with Crippen molar-refractivity contribution >= 4 is 34.3 Å². The van der Waals surface area contributed by atoms with Gasteiger partial charge in [0, 0.05) is 13.1 Å². The van der Waals surface area contributed by atoms with Gasteiger partial charge in [0.25, 0.3) is 0 Å². The molecule has 33 heavy (non-hydrogen) atoms. The molecule has 0 fully saturated rings. The molecule has 3 aromatic rings. The minimum absolute atomic E-state index is 0.326. The summed E-state index contributed by atoms with van der Waals surface area (Å²) in [6, 6.07) is 17.1. The SMILES string of the molecule is C=NN(c1ccc(-c2cc(CCC=O)cc(F)c2C)cc1C)S(=C)(=O)c1ccc(C#N)cc1. The maximum atomic E-state index is 14.5. The zero-order chi connectivity index (χ0) is 24.2. The number of hydrogen-bond acceptors (Lipinski definition) is 4. The van der Waals surface area contributed by atoms with E-state index in [0.29, 0.717) is 34.6 Å². The second-order valence-electron chi connectivity index (χ2n) is 7.65. The first kappa shape index (κ1) is 23.9.